The molecular formula is C8H16N2O2. The fraction of sp³-hybridized carbons (Fsp3) is 0.875. The molecule has 0 aliphatic heterocycles. The number of nitrogens with two attached hydrogens (primary N) is 1. The predicted molar refractivity (Wildman–Crippen MR) is 45.4 cm³/mol. The average Bonchev–Trinajstić information content (AvgIpc) is 2.00. The molecule has 1 saturated carbocycles. The summed E-state index contributed by atoms with van der Waals surface area (Å²) in [6.45, 7) is 1.87. The molecule has 1 aliphatic carbocycles. The third-order valence-electron chi connectivity index (χ3n) is 2.24. The van der Waals surface area contributed by atoms with Crippen molar-refractivity contribution < 1.29 is 9.90 Å². The van der Waals surface area contributed by atoms with Crippen LogP contribution in [0.2, 0.25) is 0 Å². The number of rotatable bonds is 3. The van der Waals surface area contributed by atoms with Crippen molar-refractivity contribution in [3.63, 3.8) is 0 Å². The van der Waals surface area contributed by atoms with Gasteiger partial charge in [0.2, 0.25) is 5.91 Å². The summed E-state index contributed by atoms with van der Waals surface area (Å²) in [5, 5.41) is 11.7. The molecular weight excluding hydrogens is 156 g/mol. The Labute approximate surface area is 72.1 Å². The Bertz CT molecular complexity index is 166. The molecule has 4 heteroatoms. The number of amides is 1. The van der Waals surface area contributed by atoms with E-state index in [0.29, 0.717) is 19.3 Å². The number of hydrogen-bond acceptors (Lipinski definition) is 3. The van der Waals surface area contributed by atoms with Gasteiger partial charge >= 0.3 is 0 Å². The SMILES string of the molecule is CC[C@@H](N)C(=O)NC1CC(O)C1. The second-order valence-corrected chi connectivity index (χ2v) is 3.35. The molecule has 70 valence electrons. The van der Waals surface area contributed by atoms with Gasteiger partial charge in [-0.05, 0) is 19.3 Å². The lowest BCUT2D eigenvalue weighted by atomic mass is 9.89. The molecule has 4 nitrogen and oxygen atoms in total. The lowest BCUT2D eigenvalue weighted by Gasteiger charge is -2.32. The van der Waals surface area contributed by atoms with E-state index in [-0.39, 0.29) is 18.1 Å². The molecule has 0 spiro atoms. The van der Waals surface area contributed by atoms with Crippen LogP contribution in [0.4, 0.5) is 0 Å². The third-order valence-corrected chi connectivity index (χ3v) is 2.24. The van der Waals surface area contributed by atoms with E-state index in [9.17, 15) is 4.79 Å². The normalized spacial score (nSPS) is 30.6. The summed E-state index contributed by atoms with van der Waals surface area (Å²) >= 11 is 0. The van der Waals surface area contributed by atoms with E-state index in [2.05, 4.69) is 5.32 Å². The number of aliphatic hydroxyl groups excluding tert-OH is 1. The summed E-state index contributed by atoms with van der Waals surface area (Å²) in [5.74, 6) is -0.102. The van der Waals surface area contributed by atoms with Gasteiger partial charge in [0.25, 0.3) is 0 Å². The molecule has 0 aromatic carbocycles. The molecule has 0 bridgehead atoms. The molecule has 1 rings (SSSR count). The molecule has 1 fully saturated rings. The van der Waals surface area contributed by atoms with Crippen LogP contribution in [0.3, 0.4) is 0 Å². The van der Waals surface area contributed by atoms with Crippen molar-refractivity contribution in [3.8, 4) is 0 Å². The maximum Gasteiger partial charge on any atom is 0.237 e. The van der Waals surface area contributed by atoms with Gasteiger partial charge in [-0.15, -0.1) is 0 Å². The highest BCUT2D eigenvalue weighted by atomic mass is 16.3. The summed E-state index contributed by atoms with van der Waals surface area (Å²) < 4.78 is 0. The highest BCUT2D eigenvalue weighted by Crippen LogP contribution is 2.19. The first kappa shape index (κ1) is 9.48. The first-order chi connectivity index (χ1) is 5.63. The van der Waals surface area contributed by atoms with Crippen LogP contribution in [0, 0.1) is 0 Å². The Morgan fingerprint density at radius 1 is 1.75 bits per heavy atom. The van der Waals surface area contributed by atoms with Gasteiger partial charge in [-0.25, -0.2) is 0 Å². The Kier molecular flexibility index (Phi) is 3.05. The van der Waals surface area contributed by atoms with E-state index < -0.39 is 6.04 Å². The molecule has 0 unspecified atom stereocenters. The fourth-order valence-electron chi connectivity index (χ4n) is 1.20. The van der Waals surface area contributed by atoms with E-state index in [1.165, 1.54) is 0 Å². The van der Waals surface area contributed by atoms with Crippen molar-refractivity contribution in [1.82, 2.24) is 5.32 Å². The molecule has 0 aromatic heterocycles. The molecule has 4 N–H and O–H groups in total. The van der Waals surface area contributed by atoms with Gasteiger partial charge < -0.3 is 16.2 Å². The van der Waals surface area contributed by atoms with Crippen LogP contribution < -0.4 is 11.1 Å². The number of hydrogen-bond donors (Lipinski definition) is 3. The van der Waals surface area contributed by atoms with Gasteiger partial charge in [0, 0.05) is 6.04 Å². The van der Waals surface area contributed by atoms with Crippen LogP contribution in [0.5, 0.6) is 0 Å². The van der Waals surface area contributed by atoms with E-state index in [0.717, 1.165) is 0 Å². The van der Waals surface area contributed by atoms with Crippen molar-refractivity contribution in [3.05, 3.63) is 0 Å². The minimum absolute atomic E-state index is 0.102. The van der Waals surface area contributed by atoms with E-state index in [1.807, 2.05) is 6.92 Å². The molecule has 1 aliphatic rings. The van der Waals surface area contributed by atoms with Crippen molar-refractivity contribution in [2.45, 2.75) is 44.4 Å². The minimum Gasteiger partial charge on any atom is -0.393 e. The highest BCUT2D eigenvalue weighted by Gasteiger charge is 2.29. The zero-order chi connectivity index (χ0) is 9.14. The van der Waals surface area contributed by atoms with Gasteiger partial charge in [-0.1, -0.05) is 6.92 Å². The van der Waals surface area contributed by atoms with Gasteiger partial charge in [-0.2, -0.15) is 0 Å². The van der Waals surface area contributed by atoms with E-state index in [4.69, 9.17) is 10.8 Å². The molecule has 0 heterocycles. The van der Waals surface area contributed by atoms with Crippen LogP contribution in [0.25, 0.3) is 0 Å². The Morgan fingerprint density at radius 3 is 2.75 bits per heavy atom. The molecule has 12 heavy (non-hydrogen) atoms. The van der Waals surface area contributed by atoms with Crippen molar-refractivity contribution in [2.75, 3.05) is 0 Å². The van der Waals surface area contributed by atoms with Gasteiger partial charge in [-0.3, -0.25) is 4.79 Å². The number of aliphatic hydroxyl groups is 1. The molecule has 1 amide bonds. The lowest BCUT2D eigenvalue weighted by molar-refractivity contribution is -0.124. The van der Waals surface area contributed by atoms with Gasteiger partial charge in [0.1, 0.15) is 0 Å². The Hall–Kier alpha value is -0.610. The summed E-state index contributed by atoms with van der Waals surface area (Å²) in [7, 11) is 0. The molecule has 0 radical (unpaired) electrons. The first-order valence-electron chi connectivity index (χ1n) is 4.37. The zero-order valence-corrected chi connectivity index (χ0v) is 7.29. The number of carbonyl (C=O) groups is 1. The number of nitrogens with one attached hydrogen (secondary N) is 1. The van der Waals surface area contributed by atoms with Gasteiger partial charge in [0.15, 0.2) is 0 Å². The second-order valence-electron chi connectivity index (χ2n) is 3.35. The maximum absolute atomic E-state index is 11.2. The van der Waals surface area contributed by atoms with Crippen LogP contribution in [0.15, 0.2) is 0 Å². The molecule has 1 atom stereocenters. The monoisotopic (exact) mass is 172 g/mol. The number of carbonyl (C=O) groups excluding carboxylic acids is 1. The average molecular weight is 172 g/mol. The van der Waals surface area contributed by atoms with Crippen molar-refractivity contribution in [1.29, 1.82) is 0 Å². The smallest absolute Gasteiger partial charge is 0.237 e. The van der Waals surface area contributed by atoms with Crippen LogP contribution in [-0.4, -0.2) is 29.2 Å². The first-order valence-corrected chi connectivity index (χ1v) is 4.37. The summed E-state index contributed by atoms with van der Waals surface area (Å²) in [4.78, 5) is 11.2. The maximum atomic E-state index is 11.2. The quantitative estimate of drug-likeness (QED) is 0.530. The zero-order valence-electron chi connectivity index (χ0n) is 7.29. The summed E-state index contributed by atoms with van der Waals surface area (Å²) in [6, 6.07) is -0.257. The van der Waals surface area contributed by atoms with Crippen LogP contribution >= 0.6 is 0 Å². The minimum atomic E-state index is -0.400. The highest BCUT2D eigenvalue weighted by molar-refractivity contribution is 5.81. The lowest BCUT2D eigenvalue weighted by Crippen LogP contribution is -2.51. The van der Waals surface area contributed by atoms with Gasteiger partial charge in [0.05, 0.1) is 12.1 Å². The van der Waals surface area contributed by atoms with E-state index >= 15 is 0 Å². The third kappa shape index (κ3) is 2.19. The van der Waals surface area contributed by atoms with Crippen molar-refractivity contribution in [2.24, 2.45) is 5.73 Å². The molecule has 0 saturated heterocycles. The standard InChI is InChI=1S/C8H16N2O2/c1-2-7(9)8(12)10-5-3-6(11)4-5/h5-7,11H,2-4,9H2,1H3,(H,10,12)/t5?,6?,7-/m1/s1. The Morgan fingerprint density at radius 2 is 2.33 bits per heavy atom. The van der Waals surface area contributed by atoms with Crippen molar-refractivity contribution >= 4 is 5.91 Å². The Balaban J connectivity index is 2.18. The van der Waals surface area contributed by atoms with E-state index in [1.54, 1.807) is 0 Å². The summed E-state index contributed by atoms with van der Waals surface area (Å²) in [6.07, 6.45) is 1.76. The molecule has 0 aromatic rings. The second kappa shape index (κ2) is 3.87. The summed E-state index contributed by atoms with van der Waals surface area (Å²) in [5.41, 5.74) is 5.50. The fourth-order valence-corrected chi connectivity index (χ4v) is 1.20. The topological polar surface area (TPSA) is 75.4 Å². The largest absolute Gasteiger partial charge is 0.393 e. The van der Waals surface area contributed by atoms with Crippen LogP contribution in [-0.2, 0) is 4.79 Å². The van der Waals surface area contributed by atoms with Crippen LogP contribution in [0.1, 0.15) is 26.2 Å². The predicted octanol–water partition coefficient (Wildman–Crippen LogP) is -0.637.